The smallest absolute Gasteiger partial charge is 0.303 e. The average molecular weight is 535 g/mol. The van der Waals surface area contributed by atoms with Gasteiger partial charge in [0, 0.05) is 6.42 Å². The van der Waals surface area contributed by atoms with Crippen LogP contribution in [0, 0.1) is 0 Å². The molecule has 0 aromatic heterocycles. The molecule has 2 heteroatoms. The van der Waals surface area contributed by atoms with Crippen molar-refractivity contribution in [1.82, 2.24) is 0 Å². The molecule has 0 aliphatic heterocycles. The molecule has 0 aliphatic carbocycles. The van der Waals surface area contributed by atoms with E-state index >= 15 is 0 Å². The van der Waals surface area contributed by atoms with Crippen molar-refractivity contribution in [3.05, 3.63) is 12.2 Å². The lowest BCUT2D eigenvalue weighted by Gasteiger charge is -2.04. The maximum absolute atomic E-state index is 10.5. The fourth-order valence-corrected chi connectivity index (χ4v) is 5.53. The largest absolute Gasteiger partial charge is 0.481 e. The normalized spacial score (nSPS) is 11.6. The molecular formula is C36H70O2. The SMILES string of the molecule is CCCCCCCCCC/C=C\CCCCCCCCCCCCCCCCCCCCCCCC(=O)O. The van der Waals surface area contributed by atoms with Gasteiger partial charge in [-0.05, 0) is 32.1 Å². The minimum atomic E-state index is -0.649. The number of carboxylic acids is 1. The van der Waals surface area contributed by atoms with Crippen molar-refractivity contribution in [3.63, 3.8) is 0 Å². The van der Waals surface area contributed by atoms with Gasteiger partial charge in [-0.2, -0.15) is 0 Å². The standard InChI is InChI=1S/C36H70O2/c1-2-3-4-5-6-7-8-9-10-11-12-13-14-15-16-17-18-19-20-21-22-23-24-25-26-27-28-29-30-31-32-33-34-35-36(37)38/h11-12H,2-10,13-35H2,1H3,(H,37,38)/b12-11-. The molecule has 0 atom stereocenters. The Hall–Kier alpha value is -0.790. The molecule has 0 fully saturated rings. The van der Waals surface area contributed by atoms with Crippen LogP contribution in [0.5, 0.6) is 0 Å². The number of hydrogen-bond donors (Lipinski definition) is 1. The third-order valence-corrected chi connectivity index (χ3v) is 8.15. The number of allylic oxidation sites excluding steroid dienone is 2. The van der Waals surface area contributed by atoms with E-state index in [4.69, 9.17) is 5.11 Å². The van der Waals surface area contributed by atoms with Gasteiger partial charge in [0.15, 0.2) is 0 Å². The van der Waals surface area contributed by atoms with E-state index in [-0.39, 0.29) is 0 Å². The van der Waals surface area contributed by atoms with Crippen LogP contribution in [0.4, 0.5) is 0 Å². The van der Waals surface area contributed by atoms with Crippen molar-refractivity contribution in [3.8, 4) is 0 Å². The Morgan fingerprint density at radius 3 is 0.895 bits per heavy atom. The molecular weight excluding hydrogens is 464 g/mol. The number of carboxylic acid groups (broad SMARTS) is 1. The number of hydrogen-bond acceptors (Lipinski definition) is 1. The first kappa shape index (κ1) is 37.2. The van der Waals surface area contributed by atoms with E-state index in [1.54, 1.807) is 0 Å². The van der Waals surface area contributed by atoms with Crippen LogP contribution in [-0.2, 0) is 4.79 Å². The number of rotatable bonds is 33. The monoisotopic (exact) mass is 535 g/mol. The molecule has 226 valence electrons. The summed E-state index contributed by atoms with van der Waals surface area (Å²) in [6, 6.07) is 0. The van der Waals surface area contributed by atoms with E-state index in [9.17, 15) is 4.79 Å². The first-order valence-electron chi connectivity index (χ1n) is 17.6. The third-order valence-electron chi connectivity index (χ3n) is 8.15. The Labute approximate surface area is 240 Å². The van der Waals surface area contributed by atoms with Gasteiger partial charge in [-0.15, -0.1) is 0 Å². The van der Waals surface area contributed by atoms with E-state index in [0.29, 0.717) is 6.42 Å². The van der Waals surface area contributed by atoms with E-state index < -0.39 is 5.97 Å². The third kappa shape index (κ3) is 35.2. The molecule has 0 bridgehead atoms. The predicted octanol–water partition coefficient (Wildman–Crippen LogP) is 13.1. The van der Waals surface area contributed by atoms with Gasteiger partial charge in [-0.1, -0.05) is 186 Å². The molecule has 0 saturated heterocycles. The van der Waals surface area contributed by atoms with Crippen LogP contribution >= 0.6 is 0 Å². The van der Waals surface area contributed by atoms with E-state index in [1.165, 1.54) is 186 Å². The maximum Gasteiger partial charge on any atom is 0.303 e. The fourth-order valence-electron chi connectivity index (χ4n) is 5.53. The molecule has 0 radical (unpaired) electrons. The molecule has 38 heavy (non-hydrogen) atoms. The summed E-state index contributed by atoms with van der Waals surface area (Å²) in [4.78, 5) is 10.5. The predicted molar refractivity (Wildman–Crippen MR) is 170 cm³/mol. The van der Waals surface area contributed by atoms with E-state index in [0.717, 1.165) is 12.8 Å². The Morgan fingerprint density at radius 1 is 0.395 bits per heavy atom. The van der Waals surface area contributed by atoms with Gasteiger partial charge in [0.1, 0.15) is 0 Å². The second-order valence-corrected chi connectivity index (χ2v) is 12.1. The van der Waals surface area contributed by atoms with Crippen molar-refractivity contribution >= 4 is 5.97 Å². The zero-order valence-electron chi connectivity index (χ0n) is 26.1. The van der Waals surface area contributed by atoms with Gasteiger partial charge < -0.3 is 5.11 Å². The van der Waals surface area contributed by atoms with Crippen molar-refractivity contribution in [2.45, 2.75) is 212 Å². The zero-order chi connectivity index (χ0) is 27.6. The van der Waals surface area contributed by atoms with Crippen LogP contribution in [0.3, 0.4) is 0 Å². The molecule has 2 nitrogen and oxygen atoms in total. The molecule has 0 heterocycles. The van der Waals surface area contributed by atoms with Gasteiger partial charge >= 0.3 is 5.97 Å². The maximum atomic E-state index is 10.5. The molecule has 0 unspecified atom stereocenters. The molecule has 0 aromatic rings. The van der Waals surface area contributed by atoms with Gasteiger partial charge in [-0.25, -0.2) is 0 Å². The summed E-state index contributed by atoms with van der Waals surface area (Å²) in [6.45, 7) is 2.29. The van der Waals surface area contributed by atoms with E-state index in [2.05, 4.69) is 19.1 Å². The molecule has 0 amide bonds. The molecule has 0 saturated carbocycles. The van der Waals surface area contributed by atoms with Crippen molar-refractivity contribution in [2.24, 2.45) is 0 Å². The minimum absolute atomic E-state index is 0.345. The second kappa shape index (κ2) is 34.2. The summed E-state index contributed by atoms with van der Waals surface area (Å²) < 4.78 is 0. The van der Waals surface area contributed by atoms with Crippen LogP contribution in [0.15, 0.2) is 12.2 Å². The first-order valence-corrected chi connectivity index (χ1v) is 17.6. The Bertz CT molecular complexity index is 470. The lowest BCUT2D eigenvalue weighted by molar-refractivity contribution is -0.137. The molecule has 1 N–H and O–H groups in total. The minimum Gasteiger partial charge on any atom is -0.481 e. The van der Waals surface area contributed by atoms with Crippen LogP contribution in [0.1, 0.15) is 212 Å². The fraction of sp³-hybridized carbons (Fsp3) is 0.917. The Kier molecular flexibility index (Phi) is 33.5. The van der Waals surface area contributed by atoms with Crippen LogP contribution < -0.4 is 0 Å². The highest BCUT2D eigenvalue weighted by atomic mass is 16.4. The quantitative estimate of drug-likeness (QED) is 0.0671. The van der Waals surface area contributed by atoms with Crippen LogP contribution in [-0.4, -0.2) is 11.1 Å². The lowest BCUT2D eigenvalue weighted by atomic mass is 10.0. The summed E-state index contributed by atoms with van der Waals surface area (Å²) in [5.41, 5.74) is 0. The van der Waals surface area contributed by atoms with Crippen LogP contribution in [0.2, 0.25) is 0 Å². The summed E-state index contributed by atoms with van der Waals surface area (Å²) in [6.07, 6.45) is 47.9. The highest BCUT2D eigenvalue weighted by Crippen LogP contribution is 2.16. The number of unbranched alkanes of at least 4 members (excludes halogenated alkanes) is 29. The molecule has 0 rings (SSSR count). The highest BCUT2D eigenvalue weighted by Gasteiger charge is 1.98. The molecule has 0 aliphatic rings. The van der Waals surface area contributed by atoms with Crippen molar-refractivity contribution < 1.29 is 9.90 Å². The Morgan fingerprint density at radius 2 is 0.632 bits per heavy atom. The summed E-state index contributed by atoms with van der Waals surface area (Å²) >= 11 is 0. The van der Waals surface area contributed by atoms with E-state index in [1.807, 2.05) is 0 Å². The van der Waals surface area contributed by atoms with Gasteiger partial charge in [0.25, 0.3) is 0 Å². The zero-order valence-corrected chi connectivity index (χ0v) is 26.1. The highest BCUT2D eigenvalue weighted by molar-refractivity contribution is 5.66. The Balaban J connectivity index is 3.07. The lowest BCUT2D eigenvalue weighted by Crippen LogP contribution is -1.93. The number of aliphatic carboxylic acids is 1. The van der Waals surface area contributed by atoms with Gasteiger partial charge in [0.2, 0.25) is 0 Å². The second-order valence-electron chi connectivity index (χ2n) is 12.1. The van der Waals surface area contributed by atoms with Gasteiger partial charge in [0.05, 0.1) is 0 Å². The van der Waals surface area contributed by atoms with Crippen molar-refractivity contribution in [1.29, 1.82) is 0 Å². The summed E-state index contributed by atoms with van der Waals surface area (Å²) in [7, 11) is 0. The first-order chi connectivity index (χ1) is 18.8. The topological polar surface area (TPSA) is 37.3 Å². The summed E-state index contributed by atoms with van der Waals surface area (Å²) in [5, 5.41) is 8.63. The van der Waals surface area contributed by atoms with Crippen LogP contribution in [0.25, 0.3) is 0 Å². The number of carbonyl (C=O) groups is 1. The summed E-state index contributed by atoms with van der Waals surface area (Å²) in [5.74, 6) is -0.649. The average Bonchev–Trinajstić information content (AvgIpc) is 2.91. The molecule has 0 aromatic carbocycles. The molecule has 0 spiro atoms. The van der Waals surface area contributed by atoms with Crippen molar-refractivity contribution in [2.75, 3.05) is 0 Å². The van der Waals surface area contributed by atoms with Gasteiger partial charge in [-0.3, -0.25) is 4.79 Å².